The third-order valence-corrected chi connectivity index (χ3v) is 10.8. The molecule has 3 aliphatic rings. The number of unbranched alkanes of at least 4 members (excludes halogenated alkanes) is 2. The van der Waals surface area contributed by atoms with Crippen LogP contribution in [0.4, 0.5) is 11.4 Å². The van der Waals surface area contributed by atoms with Gasteiger partial charge in [-0.15, -0.1) is 5.06 Å². The lowest BCUT2D eigenvalue weighted by molar-refractivity contribution is -0.437. The Morgan fingerprint density at radius 1 is 0.980 bits per heavy atom. The van der Waals surface area contributed by atoms with Gasteiger partial charge in [-0.25, -0.2) is 4.79 Å². The number of allylic oxidation sites excluding steroid dienone is 4. The zero-order valence-electron chi connectivity index (χ0n) is 29.2. The van der Waals surface area contributed by atoms with Crippen LogP contribution in [-0.2, 0) is 40.2 Å². The van der Waals surface area contributed by atoms with Crippen LogP contribution in [0.3, 0.4) is 0 Å². The molecule has 49 heavy (non-hydrogen) atoms. The zero-order valence-corrected chi connectivity index (χ0v) is 30.0. The van der Waals surface area contributed by atoms with Crippen molar-refractivity contribution in [3.05, 3.63) is 77.5 Å². The first-order chi connectivity index (χ1) is 23.2. The molecule has 2 aromatic rings. The number of para-hydroxylation sites is 1. The molecule has 3 heterocycles. The first-order valence-electron chi connectivity index (χ1n) is 17.3. The van der Waals surface area contributed by atoms with Crippen LogP contribution in [0.25, 0.3) is 0 Å². The summed E-state index contributed by atoms with van der Waals surface area (Å²) in [6.45, 7) is 12.5. The molecular formula is C38H48N3O7S+. The Bertz CT molecular complexity index is 1830. The maximum Gasteiger partial charge on any atom is 0.333 e. The van der Waals surface area contributed by atoms with Crippen molar-refractivity contribution in [2.75, 3.05) is 18.0 Å². The fourth-order valence-corrected chi connectivity index (χ4v) is 7.99. The van der Waals surface area contributed by atoms with Gasteiger partial charge in [0.05, 0.1) is 10.3 Å². The number of carbonyl (C=O) groups is 3. The van der Waals surface area contributed by atoms with Crippen LogP contribution in [0.15, 0.2) is 71.3 Å². The number of carbonyl (C=O) groups excluding carboxylic acids is 3. The molecule has 3 aliphatic heterocycles. The van der Waals surface area contributed by atoms with Crippen LogP contribution in [0.2, 0.25) is 0 Å². The van der Waals surface area contributed by atoms with Gasteiger partial charge in [-0.05, 0) is 69.9 Å². The third kappa shape index (κ3) is 7.14. The molecule has 0 radical (unpaired) electrons. The fraction of sp³-hybridized carbons (Fsp3) is 0.474. The molecule has 10 nitrogen and oxygen atoms in total. The molecule has 11 heteroatoms. The Hall–Kier alpha value is -4.09. The maximum atomic E-state index is 12.4. The standard InChI is InChI=1S/C38H47N3O7S/c1-6-24-39-30-15-11-10-14-28(30)37(3,4)32(39)16-13-17-33-38(5,23-12-8-9-18-36(44)48-41-34(42)21-22-35(41)43)29-26-27(49(45,46)47)19-20-31(29)40(33)25-7-2/h10-11,13-17,19-20,26H,6-9,12,18,21-25H2,1-5H3/p+1. The minimum atomic E-state index is -4.42. The summed E-state index contributed by atoms with van der Waals surface area (Å²) in [5, 5.41) is 0.573. The van der Waals surface area contributed by atoms with Crippen molar-refractivity contribution in [2.24, 2.45) is 0 Å². The van der Waals surface area contributed by atoms with Crippen molar-refractivity contribution in [1.82, 2.24) is 5.06 Å². The number of hydroxylamine groups is 2. The van der Waals surface area contributed by atoms with Crippen molar-refractivity contribution in [1.29, 1.82) is 0 Å². The van der Waals surface area contributed by atoms with E-state index in [-0.39, 0.29) is 29.6 Å². The second-order valence-corrected chi connectivity index (χ2v) is 15.3. The van der Waals surface area contributed by atoms with E-state index in [0.29, 0.717) is 30.7 Å². The SMILES string of the molecule is CCCN1C(=CC=CC2=[N+](CCC)c3ccccc3C2(C)C)C(C)(CCCCCC(=O)ON2C(=O)CCC2=O)c2cc(S(=O)(=O)O)ccc21. The van der Waals surface area contributed by atoms with E-state index in [0.717, 1.165) is 42.9 Å². The molecule has 262 valence electrons. The molecular weight excluding hydrogens is 642 g/mol. The van der Waals surface area contributed by atoms with Crippen LogP contribution in [-0.4, -0.2) is 59.2 Å². The first-order valence-corrected chi connectivity index (χ1v) is 18.8. The minimum Gasteiger partial charge on any atom is -0.344 e. The summed E-state index contributed by atoms with van der Waals surface area (Å²) in [4.78, 5) is 43.1. The van der Waals surface area contributed by atoms with Crippen molar-refractivity contribution >= 4 is 45.0 Å². The first kappa shape index (κ1) is 36.2. The highest BCUT2D eigenvalue weighted by molar-refractivity contribution is 7.85. The number of amides is 2. The van der Waals surface area contributed by atoms with Gasteiger partial charge < -0.3 is 9.74 Å². The van der Waals surface area contributed by atoms with Gasteiger partial charge in [-0.1, -0.05) is 51.0 Å². The highest BCUT2D eigenvalue weighted by Gasteiger charge is 2.45. The summed E-state index contributed by atoms with van der Waals surface area (Å²) in [5.41, 5.74) is 5.73. The number of hydrogen-bond acceptors (Lipinski definition) is 7. The monoisotopic (exact) mass is 690 g/mol. The molecule has 1 N–H and O–H groups in total. The molecule has 0 bridgehead atoms. The van der Waals surface area contributed by atoms with Crippen molar-refractivity contribution in [3.8, 4) is 0 Å². The van der Waals surface area contributed by atoms with Gasteiger partial charge in [0.25, 0.3) is 21.9 Å². The van der Waals surface area contributed by atoms with Gasteiger partial charge in [-0.3, -0.25) is 14.1 Å². The Balaban J connectivity index is 1.43. The lowest BCUT2D eigenvalue weighted by atomic mass is 9.77. The summed E-state index contributed by atoms with van der Waals surface area (Å²) in [5.74, 6) is -1.62. The second-order valence-electron chi connectivity index (χ2n) is 13.8. The van der Waals surface area contributed by atoms with Gasteiger partial charge in [0.15, 0.2) is 5.71 Å². The molecule has 1 fully saturated rings. The molecule has 0 aromatic heterocycles. The van der Waals surface area contributed by atoms with E-state index in [1.165, 1.54) is 23.0 Å². The lowest BCUT2D eigenvalue weighted by Gasteiger charge is -2.30. The van der Waals surface area contributed by atoms with E-state index in [1.54, 1.807) is 12.1 Å². The summed E-state index contributed by atoms with van der Waals surface area (Å²) in [6, 6.07) is 13.4. The lowest BCUT2D eigenvalue weighted by Crippen LogP contribution is -2.32. The van der Waals surface area contributed by atoms with E-state index in [1.807, 2.05) is 0 Å². The number of nitrogens with zero attached hydrogens (tertiary/aromatic N) is 3. The highest BCUT2D eigenvalue weighted by Crippen LogP contribution is 2.51. The molecule has 5 rings (SSSR count). The van der Waals surface area contributed by atoms with E-state index in [4.69, 9.17) is 4.84 Å². The topological polar surface area (TPSA) is 124 Å². The van der Waals surface area contributed by atoms with Gasteiger partial charge >= 0.3 is 5.97 Å². The number of benzene rings is 2. The van der Waals surface area contributed by atoms with E-state index >= 15 is 0 Å². The minimum absolute atomic E-state index is 0.0489. The third-order valence-electron chi connectivity index (χ3n) is 9.97. The summed E-state index contributed by atoms with van der Waals surface area (Å²) in [7, 11) is -4.42. The molecule has 1 atom stereocenters. The fourth-order valence-electron chi connectivity index (χ4n) is 7.49. The number of imide groups is 1. The van der Waals surface area contributed by atoms with Crippen LogP contribution in [0.5, 0.6) is 0 Å². The molecule has 0 aliphatic carbocycles. The smallest absolute Gasteiger partial charge is 0.333 e. The number of hydrogen-bond donors (Lipinski definition) is 1. The van der Waals surface area contributed by atoms with Crippen LogP contribution < -0.4 is 4.90 Å². The maximum absolute atomic E-state index is 12.4. The average molecular weight is 691 g/mol. The Labute approximate surface area is 289 Å². The highest BCUT2D eigenvalue weighted by atomic mass is 32.2. The van der Waals surface area contributed by atoms with Crippen LogP contribution in [0, 0.1) is 0 Å². The van der Waals surface area contributed by atoms with Gasteiger partial charge in [0.2, 0.25) is 5.69 Å². The average Bonchev–Trinajstić information content (AvgIpc) is 3.57. The molecule has 0 spiro atoms. The Morgan fingerprint density at radius 3 is 2.37 bits per heavy atom. The number of rotatable bonds is 14. The van der Waals surface area contributed by atoms with Crippen molar-refractivity contribution in [3.63, 3.8) is 0 Å². The predicted molar refractivity (Wildman–Crippen MR) is 188 cm³/mol. The normalized spacial score (nSPS) is 21.0. The van der Waals surface area contributed by atoms with Gasteiger partial charge in [-0.2, -0.15) is 13.0 Å². The van der Waals surface area contributed by atoms with Gasteiger partial charge in [0, 0.05) is 66.7 Å². The van der Waals surface area contributed by atoms with E-state index in [9.17, 15) is 27.4 Å². The largest absolute Gasteiger partial charge is 0.344 e. The Morgan fingerprint density at radius 2 is 1.69 bits per heavy atom. The van der Waals surface area contributed by atoms with E-state index in [2.05, 4.69) is 86.6 Å². The van der Waals surface area contributed by atoms with Crippen LogP contribution >= 0.6 is 0 Å². The Kier molecular flexibility index (Phi) is 10.6. The van der Waals surface area contributed by atoms with Crippen LogP contribution in [0.1, 0.15) is 104 Å². The van der Waals surface area contributed by atoms with Crippen molar-refractivity contribution in [2.45, 2.75) is 108 Å². The molecule has 2 aromatic carbocycles. The molecule has 2 amide bonds. The van der Waals surface area contributed by atoms with Crippen molar-refractivity contribution < 1.29 is 36.8 Å². The molecule has 0 saturated carbocycles. The second kappa shape index (κ2) is 14.4. The number of fused-ring (bicyclic) bond motifs is 2. The quantitative estimate of drug-likeness (QED) is 0.0983. The molecule has 1 saturated heterocycles. The summed E-state index contributed by atoms with van der Waals surface area (Å²) >= 11 is 0. The van der Waals surface area contributed by atoms with E-state index < -0.39 is 33.3 Å². The summed E-state index contributed by atoms with van der Waals surface area (Å²) < 4.78 is 36.8. The summed E-state index contributed by atoms with van der Waals surface area (Å²) in [6.07, 6.45) is 11.0. The van der Waals surface area contributed by atoms with Gasteiger partial charge in [0.1, 0.15) is 6.54 Å². The number of anilines is 1. The zero-order chi connectivity index (χ0) is 35.6. The predicted octanol–water partition coefficient (Wildman–Crippen LogP) is 6.91. The molecule has 1 unspecified atom stereocenters.